The average molecular weight is 423 g/mol. The fourth-order valence-electron chi connectivity index (χ4n) is 4.42. The smallest absolute Gasteiger partial charge is 0.226 e. The molecule has 1 aromatic carbocycles. The number of nitrogens with zero attached hydrogens (tertiary/aromatic N) is 5. The summed E-state index contributed by atoms with van der Waals surface area (Å²) >= 11 is 0. The molecule has 0 spiro atoms. The van der Waals surface area contributed by atoms with Gasteiger partial charge in [-0.25, -0.2) is 9.97 Å². The van der Waals surface area contributed by atoms with Gasteiger partial charge in [0.15, 0.2) is 0 Å². The first-order valence-electron chi connectivity index (χ1n) is 11.4. The van der Waals surface area contributed by atoms with E-state index in [-0.39, 0.29) is 0 Å². The second-order valence-electron chi connectivity index (χ2n) is 8.44. The van der Waals surface area contributed by atoms with Gasteiger partial charge in [-0.1, -0.05) is 0 Å². The number of nitrogens with one attached hydrogen (secondary N) is 1. The summed E-state index contributed by atoms with van der Waals surface area (Å²) in [4.78, 5) is 12.0. The number of aromatic nitrogens is 4. The van der Waals surface area contributed by atoms with Crippen molar-refractivity contribution >= 4 is 16.9 Å². The summed E-state index contributed by atoms with van der Waals surface area (Å²) in [6.07, 6.45) is 3.42. The van der Waals surface area contributed by atoms with Crippen LogP contribution in [0.15, 0.2) is 24.3 Å². The van der Waals surface area contributed by atoms with Crippen LogP contribution >= 0.6 is 0 Å². The van der Waals surface area contributed by atoms with Crippen molar-refractivity contribution in [2.45, 2.75) is 59.5 Å². The number of benzene rings is 1. The molecule has 2 aromatic heterocycles. The molecule has 31 heavy (non-hydrogen) atoms. The lowest BCUT2D eigenvalue weighted by atomic mass is 10.1. The second-order valence-corrected chi connectivity index (χ2v) is 8.44. The molecule has 1 aliphatic rings. The third-order valence-corrected chi connectivity index (χ3v) is 6.03. The van der Waals surface area contributed by atoms with E-state index in [0.29, 0.717) is 12.6 Å². The van der Waals surface area contributed by atoms with Crippen molar-refractivity contribution in [2.24, 2.45) is 0 Å². The summed E-state index contributed by atoms with van der Waals surface area (Å²) in [5.74, 6) is 1.72. The van der Waals surface area contributed by atoms with Gasteiger partial charge in [0, 0.05) is 36.8 Å². The van der Waals surface area contributed by atoms with Crippen molar-refractivity contribution in [3.63, 3.8) is 0 Å². The average Bonchev–Trinajstić information content (AvgIpc) is 2.92. The number of fused-ring (bicyclic) bond motifs is 1. The Morgan fingerprint density at radius 3 is 2.74 bits per heavy atom. The van der Waals surface area contributed by atoms with Gasteiger partial charge in [0.25, 0.3) is 0 Å². The summed E-state index contributed by atoms with van der Waals surface area (Å²) in [6.45, 7) is 12.7. The molecule has 0 aliphatic carbocycles. The molecule has 1 aliphatic heterocycles. The minimum absolute atomic E-state index is 0.525. The molecule has 1 unspecified atom stereocenters. The van der Waals surface area contributed by atoms with Crippen LogP contribution in [0.4, 0.5) is 5.95 Å². The van der Waals surface area contributed by atoms with Gasteiger partial charge in [0.1, 0.15) is 5.75 Å². The van der Waals surface area contributed by atoms with Crippen LogP contribution in [0.3, 0.4) is 0 Å². The number of ether oxygens (including phenoxy) is 1. The first-order chi connectivity index (χ1) is 15.0. The Kier molecular flexibility index (Phi) is 6.70. The van der Waals surface area contributed by atoms with Gasteiger partial charge in [0.2, 0.25) is 5.95 Å². The minimum atomic E-state index is 0.525. The zero-order valence-corrected chi connectivity index (χ0v) is 19.2. The van der Waals surface area contributed by atoms with Crippen LogP contribution in [-0.4, -0.2) is 52.0 Å². The van der Waals surface area contributed by atoms with Crippen LogP contribution in [0.5, 0.6) is 5.75 Å². The number of rotatable bonds is 7. The summed E-state index contributed by atoms with van der Waals surface area (Å²) < 4.78 is 7.72. The quantitative estimate of drug-likeness (QED) is 0.625. The fraction of sp³-hybridized carbons (Fsp3) is 0.542. The molecule has 7 heteroatoms. The number of aryl methyl sites for hydroxylation is 3. The normalized spacial score (nSPS) is 17.2. The van der Waals surface area contributed by atoms with Crippen LogP contribution in [0.25, 0.3) is 10.9 Å². The number of hydrogen-bond acceptors (Lipinski definition) is 6. The summed E-state index contributed by atoms with van der Waals surface area (Å²) in [7, 11) is 0. The maximum atomic E-state index is 5.63. The van der Waals surface area contributed by atoms with Gasteiger partial charge >= 0.3 is 0 Å². The Labute approximate surface area is 184 Å². The zero-order valence-electron chi connectivity index (χ0n) is 19.2. The monoisotopic (exact) mass is 422 g/mol. The van der Waals surface area contributed by atoms with Crippen LogP contribution in [0.2, 0.25) is 0 Å². The Balaban J connectivity index is 1.37. The molecule has 0 amide bonds. The van der Waals surface area contributed by atoms with E-state index in [2.05, 4.69) is 39.9 Å². The maximum absolute atomic E-state index is 5.63. The molecule has 166 valence electrons. The molecule has 0 bridgehead atoms. The van der Waals surface area contributed by atoms with Crippen molar-refractivity contribution in [2.75, 3.05) is 31.1 Å². The third-order valence-electron chi connectivity index (χ3n) is 6.03. The lowest BCUT2D eigenvalue weighted by Crippen LogP contribution is -2.33. The zero-order chi connectivity index (χ0) is 21.8. The highest BCUT2D eigenvalue weighted by molar-refractivity contribution is 5.83. The molecule has 0 saturated carbocycles. The van der Waals surface area contributed by atoms with Crippen molar-refractivity contribution < 1.29 is 4.74 Å². The van der Waals surface area contributed by atoms with E-state index in [4.69, 9.17) is 14.7 Å². The minimum Gasteiger partial charge on any atom is -0.494 e. The first kappa shape index (κ1) is 21.6. The SMILES string of the molecule is CCOc1ccc2nc(N3CCCC(NCCn4nc(C)cc4C)CC3)nc(C)c2c1. The Bertz CT molecular complexity index is 1030. The summed E-state index contributed by atoms with van der Waals surface area (Å²) in [6, 6.07) is 8.74. The van der Waals surface area contributed by atoms with Gasteiger partial charge in [-0.2, -0.15) is 5.10 Å². The maximum Gasteiger partial charge on any atom is 0.226 e. The predicted molar refractivity (Wildman–Crippen MR) is 125 cm³/mol. The molecule has 1 saturated heterocycles. The Morgan fingerprint density at radius 2 is 1.97 bits per heavy atom. The molecule has 1 atom stereocenters. The van der Waals surface area contributed by atoms with Crippen LogP contribution < -0.4 is 15.0 Å². The van der Waals surface area contributed by atoms with Gasteiger partial charge in [-0.05, 0) is 71.2 Å². The van der Waals surface area contributed by atoms with E-state index in [9.17, 15) is 0 Å². The van der Waals surface area contributed by atoms with Gasteiger partial charge in [-0.3, -0.25) is 4.68 Å². The van der Waals surface area contributed by atoms with E-state index in [1.165, 1.54) is 12.1 Å². The lowest BCUT2D eigenvalue weighted by Gasteiger charge is -2.22. The molecule has 3 heterocycles. The fourth-order valence-corrected chi connectivity index (χ4v) is 4.42. The molecule has 3 aromatic rings. The number of hydrogen-bond donors (Lipinski definition) is 1. The predicted octanol–water partition coefficient (Wildman–Crippen LogP) is 3.80. The van der Waals surface area contributed by atoms with Crippen molar-refractivity contribution in [1.82, 2.24) is 25.1 Å². The summed E-state index contributed by atoms with van der Waals surface area (Å²) in [5, 5.41) is 9.35. The molecule has 0 radical (unpaired) electrons. The molecule has 7 nitrogen and oxygen atoms in total. The first-order valence-corrected chi connectivity index (χ1v) is 11.4. The van der Waals surface area contributed by atoms with Gasteiger partial charge in [-0.15, -0.1) is 0 Å². The van der Waals surface area contributed by atoms with Gasteiger partial charge < -0.3 is 15.0 Å². The lowest BCUT2D eigenvalue weighted by molar-refractivity contribution is 0.340. The second kappa shape index (κ2) is 9.64. The van der Waals surface area contributed by atoms with Crippen molar-refractivity contribution in [3.05, 3.63) is 41.3 Å². The van der Waals surface area contributed by atoms with Crippen LogP contribution in [0.1, 0.15) is 43.3 Å². The van der Waals surface area contributed by atoms with E-state index in [0.717, 1.165) is 73.0 Å². The van der Waals surface area contributed by atoms with E-state index in [1.54, 1.807) is 0 Å². The van der Waals surface area contributed by atoms with Crippen LogP contribution in [0, 0.1) is 20.8 Å². The highest BCUT2D eigenvalue weighted by Crippen LogP contribution is 2.25. The molecule has 1 N–H and O–H groups in total. The van der Waals surface area contributed by atoms with Crippen molar-refractivity contribution in [1.29, 1.82) is 0 Å². The standard InChI is InChI=1S/C24H34N6O/c1-5-31-21-8-9-23-22(16-21)19(4)26-24(27-23)29-12-6-7-20(10-13-29)25-11-14-30-18(3)15-17(2)28-30/h8-9,15-16,20,25H,5-7,10-14H2,1-4H3. The Hall–Kier alpha value is -2.67. The third kappa shape index (κ3) is 5.15. The van der Waals surface area contributed by atoms with E-state index >= 15 is 0 Å². The molecule has 1 fully saturated rings. The highest BCUT2D eigenvalue weighted by atomic mass is 16.5. The Morgan fingerprint density at radius 1 is 1.10 bits per heavy atom. The van der Waals surface area contributed by atoms with E-state index in [1.807, 2.05) is 32.0 Å². The molecule has 4 rings (SSSR count). The molecular formula is C24H34N6O. The highest BCUT2D eigenvalue weighted by Gasteiger charge is 2.19. The van der Waals surface area contributed by atoms with Gasteiger partial charge in [0.05, 0.1) is 30.1 Å². The topological polar surface area (TPSA) is 68.1 Å². The largest absolute Gasteiger partial charge is 0.494 e. The summed E-state index contributed by atoms with van der Waals surface area (Å²) in [5.41, 5.74) is 4.30. The molecular weight excluding hydrogens is 388 g/mol. The van der Waals surface area contributed by atoms with Crippen molar-refractivity contribution in [3.8, 4) is 5.75 Å². The van der Waals surface area contributed by atoms with E-state index < -0.39 is 0 Å². The number of anilines is 1. The van der Waals surface area contributed by atoms with Crippen LogP contribution in [-0.2, 0) is 6.54 Å².